The van der Waals surface area contributed by atoms with Crippen molar-refractivity contribution >= 4 is 29.1 Å². The van der Waals surface area contributed by atoms with Gasteiger partial charge < -0.3 is 24.6 Å². The third kappa shape index (κ3) is 5.71. The van der Waals surface area contributed by atoms with Crippen LogP contribution in [0.3, 0.4) is 0 Å². The Morgan fingerprint density at radius 3 is 2.52 bits per heavy atom. The lowest BCUT2D eigenvalue weighted by molar-refractivity contribution is -0.384. The van der Waals surface area contributed by atoms with E-state index in [0.717, 1.165) is 0 Å². The van der Waals surface area contributed by atoms with Crippen molar-refractivity contribution in [2.45, 2.75) is 26.4 Å². The van der Waals surface area contributed by atoms with Gasteiger partial charge in [-0.3, -0.25) is 10.1 Å². The molecule has 0 radical (unpaired) electrons. The number of carbonyl (C=O) groups is 1. The van der Waals surface area contributed by atoms with Gasteiger partial charge in [-0.25, -0.2) is 14.8 Å². The lowest BCUT2D eigenvalue weighted by Crippen LogP contribution is -2.50. The molecule has 1 aliphatic heterocycles. The molecule has 3 rings (SSSR count). The molecule has 1 aliphatic rings. The third-order valence-corrected chi connectivity index (χ3v) is 4.52. The summed E-state index contributed by atoms with van der Waals surface area (Å²) in [5.74, 6) is 1.07. The molecule has 0 spiro atoms. The van der Waals surface area contributed by atoms with E-state index >= 15 is 0 Å². The first-order chi connectivity index (χ1) is 14.7. The number of nitrogens with zero attached hydrogens (tertiary/aromatic N) is 5. The summed E-state index contributed by atoms with van der Waals surface area (Å²) in [7, 11) is 1.49. The van der Waals surface area contributed by atoms with Crippen LogP contribution >= 0.6 is 0 Å². The van der Waals surface area contributed by atoms with Gasteiger partial charge in [-0.15, -0.1) is 0 Å². The van der Waals surface area contributed by atoms with Crippen molar-refractivity contribution < 1.29 is 19.2 Å². The lowest BCUT2D eigenvalue weighted by atomic mass is 10.2. The molecule has 0 aliphatic carbocycles. The number of methoxy groups -OCH3 is 1. The molecule has 11 nitrogen and oxygen atoms in total. The summed E-state index contributed by atoms with van der Waals surface area (Å²) in [5.41, 5.74) is -0.133. The first kappa shape index (κ1) is 22.1. The highest BCUT2D eigenvalue weighted by atomic mass is 16.6. The number of aromatic nitrogens is 2. The third-order valence-electron chi connectivity index (χ3n) is 4.52. The number of ether oxygens (including phenoxy) is 2. The van der Waals surface area contributed by atoms with Gasteiger partial charge in [-0.2, -0.15) is 0 Å². The van der Waals surface area contributed by atoms with Gasteiger partial charge in [0.1, 0.15) is 11.4 Å². The van der Waals surface area contributed by atoms with Crippen LogP contribution in [0.5, 0.6) is 5.88 Å². The number of carbonyl (C=O) groups excluding carboxylic acids is 1. The minimum Gasteiger partial charge on any atom is -0.481 e. The van der Waals surface area contributed by atoms with Gasteiger partial charge >= 0.3 is 11.8 Å². The van der Waals surface area contributed by atoms with E-state index in [1.807, 2.05) is 25.7 Å². The molecule has 2 aromatic rings. The smallest absolute Gasteiger partial charge is 0.410 e. The quantitative estimate of drug-likeness (QED) is 0.562. The topological polar surface area (TPSA) is 123 Å². The summed E-state index contributed by atoms with van der Waals surface area (Å²) in [6.45, 7) is 7.49. The number of anilines is 3. The van der Waals surface area contributed by atoms with Gasteiger partial charge in [0, 0.05) is 50.2 Å². The Morgan fingerprint density at radius 1 is 1.19 bits per heavy atom. The molecular weight excluding hydrogens is 404 g/mol. The molecule has 1 saturated heterocycles. The molecule has 1 amide bonds. The van der Waals surface area contributed by atoms with Gasteiger partial charge in [-0.1, -0.05) is 0 Å². The van der Waals surface area contributed by atoms with Crippen molar-refractivity contribution in [2.75, 3.05) is 43.5 Å². The van der Waals surface area contributed by atoms with Crippen molar-refractivity contribution in [1.29, 1.82) is 0 Å². The van der Waals surface area contributed by atoms with E-state index in [9.17, 15) is 14.9 Å². The Balaban J connectivity index is 1.75. The summed E-state index contributed by atoms with van der Waals surface area (Å²) in [6, 6.07) is 6.32. The molecule has 0 bridgehead atoms. The summed E-state index contributed by atoms with van der Waals surface area (Å²) in [6.07, 6.45) is 1.19. The van der Waals surface area contributed by atoms with Crippen LogP contribution in [0.2, 0.25) is 0 Å². The minimum absolute atomic E-state index is 0.116. The van der Waals surface area contributed by atoms with Gasteiger partial charge in [0.25, 0.3) is 0 Å². The maximum Gasteiger partial charge on any atom is 0.410 e. The zero-order chi connectivity index (χ0) is 22.6. The molecule has 1 N–H and O–H groups in total. The normalized spacial score (nSPS) is 14.2. The lowest BCUT2D eigenvalue weighted by Gasteiger charge is -2.36. The van der Waals surface area contributed by atoms with Crippen molar-refractivity contribution in [2.24, 2.45) is 0 Å². The van der Waals surface area contributed by atoms with E-state index in [1.54, 1.807) is 23.1 Å². The average Bonchev–Trinajstić information content (AvgIpc) is 2.72. The summed E-state index contributed by atoms with van der Waals surface area (Å²) in [5, 5.41) is 14.4. The zero-order valence-corrected chi connectivity index (χ0v) is 18.0. The van der Waals surface area contributed by atoms with Gasteiger partial charge in [0.05, 0.1) is 12.0 Å². The average molecular weight is 430 g/mol. The fourth-order valence-electron chi connectivity index (χ4n) is 3.04. The molecule has 0 saturated carbocycles. The molecule has 166 valence electrons. The van der Waals surface area contributed by atoms with E-state index in [4.69, 9.17) is 9.47 Å². The number of hydrogen-bond acceptors (Lipinski definition) is 9. The Hall–Kier alpha value is -3.63. The summed E-state index contributed by atoms with van der Waals surface area (Å²) < 4.78 is 10.5. The standard InChI is InChI=1S/C20H26N6O5/c1-20(2,3)31-19(27)25-11-9-24(10-12-25)16-6-5-15(26(28)29)18(23-16)22-14-7-8-21-17(13-14)30-4/h5-8,13H,9-12H2,1-4H3,(H,21,22,23). The Labute approximate surface area is 180 Å². The number of hydrogen-bond donors (Lipinski definition) is 1. The molecular formula is C20H26N6O5. The fourth-order valence-corrected chi connectivity index (χ4v) is 3.04. The Morgan fingerprint density at radius 2 is 1.90 bits per heavy atom. The van der Waals surface area contributed by atoms with Crippen LogP contribution < -0.4 is 15.0 Å². The fraction of sp³-hybridized carbons (Fsp3) is 0.450. The highest BCUT2D eigenvalue weighted by molar-refractivity contribution is 5.70. The predicted octanol–water partition coefficient (Wildman–Crippen LogP) is 3.19. The van der Waals surface area contributed by atoms with Crippen LogP contribution in [-0.4, -0.2) is 64.8 Å². The van der Waals surface area contributed by atoms with Gasteiger partial charge in [0.15, 0.2) is 0 Å². The van der Waals surface area contributed by atoms with Crippen LogP contribution in [-0.2, 0) is 4.74 Å². The van der Waals surface area contributed by atoms with Crippen molar-refractivity contribution in [3.63, 3.8) is 0 Å². The first-order valence-corrected chi connectivity index (χ1v) is 9.81. The number of nitro groups is 1. The van der Waals surface area contributed by atoms with Crippen molar-refractivity contribution in [3.05, 3.63) is 40.6 Å². The predicted molar refractivity (Wildman–Crippen MR) is 115 cm³/mol. The van der Waals surface area contributed by atoms with E-state index in [0.29, 0.717) is 43.6 Å². The highest BCUT2D eigenvalue weighted by Crippen LogP contribution is 2.29. The van der Waals surface area contributed by atoms with Crippen LogP contribution in [0.1, 0.15) is 20.8 Å². The SMILES string of the molecule is COc1cc(Nc2nc(N3CCN(C(=O)OC(C)(C)C)CC3)ccc2[N+](=O)[O-])ccn1. The molecule has 0 unspecified atom stereocenters. The van der Waals surface area contributed by atoms with E-state index in [2.05, 4.69) is 15.3 Å². The minimum atomic E-state index is -0.551. The van der Waals surface area contributed by atoms with Gasteiger partial charge in [0.2, 0.25) is 11.7 Å². The molecule has 0 aromatic carbocycles. The maximum atomic E-state index is 12.3. The van der Waals surface area contributed by atoms with Crippen molar-refractivity contribution in [1.82, 2.24) is 14.9 Å². The highest BCUT2D eigenvalue weighted by Gasteiger charge is 2.27. The van der Waals surface area contributed by atoms with Crippen LogP contribution in [0, 0.1) is 10.1 Å². The molecule has 2 aromatic heterocycles. The largest absolute Gasteiger partial charge is 0.481 e. The number of rotatable bonds is 5. The number of pyridine rings is 2. The number of piperazine rings is 1. The molecule has 31 heavy (non-hydrogen) atoms. The second kappa shape index (κ2) is 9.02. The zero-order valence-electron chi connectivity index (χ0n) is 18.0. The molecule has 0 atom stereocenters. The van der Waals surface area contributed by atoms with Gasteiger partial charge in [-0.05, 0) is 32.9 Å². The molecule has 1 fully saturated rings. The van der Waals surface area contributed by atoms with E-state index < -0.39 is 10.5 Å². The second-order valence-corrected chi connectivity index (χ2v) is 7.96. The van der Waals surface area contributed by atoms with Crippen LogP contribution in [0.15, 0.2) is 30.5 Å². The van der Waals surface area contributed by atoms with Crippen LogP contribution in [0.25, 0.3) is 0 Å². The van der Waals surface area contributed by atoms with E-state index in [1.165, 1.54) is 19.4 Å². The Kier molecular flexibility index (Phi) is 6.42. The number of amides is 1. The molecule has 3 heterocycles. The second-order valence-electron chi connectivity index (χ2n) is 7.96. The summed E-state index contributed by atoms with van der Waals surface area (Å²) in [4.78, 5) is 35.4. The monoisotopic (exact) mass is 430 g/mol. The van der Waals surface area contributed by atoms with Crippen LogP contribution in [0.4, 0.5) is 27.8 Å². The first-order valence-electron chi connectivity index (χ1n) is 9.81. The van der Waals surface area contributed by atoms with E-state index in [-0.39, 0.29) is 17.6 Å². The number of nitrogens with one attached hydrogen (secondary N) is 1. The summed E-state index contributed by atoms with van der Waals surface area (Å²) >= 11 is 0. The van der Waals surface area contributed by atoms with Crippen molar-refractivity contribution in [3.8, 4) is 5.88 Å². The Bertz CT molecular complexity index is 953. The maximum absolute atomic E-state index is 12.3. The molecule has 11 heteroatoms.